The Balaban J connectivity index is 1.05. The highest BCUT2D eigenvalue weighted by Gasteiger charge is 2.54. The van der Waals surface area contributed by atoms with Crippen molar-refractivity contribution >= 4 is 86.5 Å². The number of aromatic nitrogens is 3. The molecule has 2 fully saturated rings. The van der Waals surface area contributed by atoms with Crippen LogP contribution in [0.3, 0.4) is 0 Å². The van der Waals surface area contributed by atoms with Crippen LogP contribution in [-0.4, -0.2) is 91.6 Å². The number of benzene rings is 1. The number of carbonyl (C=O) groups excluding carboxylic acids is 2. The lowest BCUT2D eigenvalue weighted by Gasteiger charge is -2.49. The number of oxime groups is 1. The molecule has 6 heterocycles. The number of hydrogen-bond acceptors (Lipinski definition) is 11. The van der Waals surface area contributed by atoms with Gasteiger partial charge in [-0.1, -0.05) is 39.7 Å². The van der Waals surface area contributed by atoms with Crippen molar-refractivity contribution in [2.45, 2.75) is 50.7 Å². The third-order valence-corrected chi connectivity index (χ3v) is 12.5. The lowest BCUT2D eigenvalue weighted by molar-refractivity contribution is -0.766. The summed E-state index contributed by atoms with van der Waals surface area (Å²) in [6.07, 6.45) is 4.74. The van der Waals surface area contributed by atoms with Crippen LogP contribution >= 0.6 is 46.3 Å². The second-order valence-electron chi connectivity index (χ2n) is 12.8. The monoisotopic (exact) mass is 790 g/mol. The van der Waals surface area contributed by atoms with Crippen LogP contribution in [0.4, 0.5) is 15.3 Å². The maximum atomic E-state index is 15.5. The molecule has 1 aromatic carbocycles. The van der Waals surface area contributed by atoms with Gasteiger partial charge in [0.15, 0.2) is 35.2 Å². The highest BCUT2D eigenvalue weighted by Crippen LogP contribution is 2.45. The number of amides is 1. The van der Waals surface area contributed by atoms with Gasteiger partial charge in [0, 0.05) is 60.1 Å². The van der Waals surface area contributed by atoms with Gasteiger partial charge in [0.25, 0.3) is 0 Å². The number of nitrogen functional groups attached to an aromatic ring is 1. The molecule has 0 radical (unpaired) electrons. The van der Waals surface area contributed by atoms with Crippen LogP contribution in [0.5, 0.6) is 0 Å². The van der Waals surface area contributed by atoms with Crippen LogP contribution in [0.1, 0.15) is 42.5 Å². The number of thiazole rings is 1. The number of fused-ring (bicyclic) bond motifs is 2. The second-order valence-corrected chi connectivity index (χ2v) is 16.0. The summed E-state index contributed by atoms with van der Waals surface area (Å²) in [5.41, 5.74) is 6.89. The first-order valence-electron chi connectivity index (χ1n) is 16.6. The molecule has 2 saturated heterocycles. The molecule has 3 aromatic rings. The summed E-state index contributed by atoms with van der Waals surface area (Å²) in [4.78, 5) is 53.5. The molecule has 0 aliphatic carbocycles. The van der Waals surface area contributed by atoms with E-state index >= 15 is 4.39 Å². The zero-order valence-corrected chi connectivity index (χ0v) is 31.1. The number of carboxylic acids is 1. The normalized spacial score (nSPS) is 20.2. The van der Waals surface area contributed by atoms with E-state index in [0.717, 1.165) is 49.5 Å². The third-order valence-electron chi connectivity index (χ3n) is 9.70. The van der Waals surface area contributed by atoms with Gasteiger partial charge in [0.05, 0.1) is 23.9 Å². The minimum absolute atomic E-state index is 0.0652. The minimum atomic E-state index is -1.23. The van der Waals surface area contributed by atoms with Crippen molar-refractivity contribution in [3.8, 4) is 0 Å². The highest BCUT2D eigenvalue weighted by atomic mass is 35.5. The molecule has 2 aromatic heterocycles. The van der Waals surface area contributed by atoms with Gasteiger partial charge in [-0.25, -0.2) is 14.2 Å². The summed E-state index contributed by atoms with van der Waals surface area (Å²) < 4.78 is 19.5. The number of carbonyl (C=O) groups is 3. The van der Waals surface area contributed by atoms with Crippen molar-refractivity contribution in [3.63, 3.8) is 0 Å². The number of Topliss-reactive ketones (excluding diaryl/α,β-unsaturated/α-hetero) is 1. The Morgan fingerprint density at radius 3 is 2.65 bits per heavy atom. The summed E-state index contributed by atoms with van der Waals surface area (Å²) in [6.45, 7) is 3.12. The van der Waals surface area contributed by atoms with Crippen LogP contribution < -0.4 is 15.3 Å². The number of amidine groups is 1. The van der Waals surface area contributed by atoms with Crippen molar-refractivity contribution < 1.29 is 33.4 Å². The Bertz CT molecular complexity index is 2020. The molecule has 2 atom stereocenters. The summed E-state index contributed by atoms with van der Waals surface area (Å²) in [5, 5.41) is 22.5. The average Bonchev–Trinajstić information content (AvgIpc) is 3.82. The Hall–Kier alpha value is -4.19. The quantitative estimate of drug-likeness (QED) is 0.0848. The standard InChI is InChI=1S/C33H34Cl2FN9O5S2/c1-50-40-25(26-28(35)52-33(38)39-26)23(46)13-19-30(47)45-27(32(48)49)18(16-51-31(19)45)14-43-8-5-24-42(9-10-44(24)43)15-20-21(34)11-17(12-22(20)36)29(37)41-6-3-2-4-7-41/h5,8,11-12,19,31,37H,2-4,6-7,9-10,13-16H2,1H3,(H2-,38,39,48,49)/p+1/b37-29?,40-25+/t19-,31-/m1/s1. The number of carboxylic acid groups (broad SMARTS) is 1. The second kappa shape index (κ2) is 14.7. The van der Waals surface area contributed by atoms with E-state index < -0.39 is 34.8 Å². The molecule has 19 heteroatoms. The van der Waals surface area contributed by atoms with E-state index in [2.05, 4.69) is 10.1 Å². The Kier molecular flexibility index (Phi) is 10.2. The molecule has 4 N–H and O–H groups in total. The van der Waals surface area contributed by atoms with Gasteiger partial charge in [-0.05, 0) is 31.4 Å². The Labute approximate surface area is 316 Å². The molecule has 14 nitrogen and oxygen atoms in total. The third kappa shape index (κ3) is 6.63. The lowest BCUT2D eigenvalue weighted by atomic mass is 9.89. The zero-order valence-electron chi connectivity index (χ0n) is 28.0. The molecule has 1 amide bonds. The zero-order chi connectivity index (χ0) is 36.8. The predicted octanol–water partition coefficient (Wildman–Crippen LogP) is 3.97. The molecule has 4 aliphatic rings. The van der Waals surface area contributed by atoms with E-state index in [-0.39, 0.29) is 56.9 Å². The Morgan fingerprint density at radius 2 is 1.98 bits per heavy atom. The van der Waals surface area contributed by atoms with E-state index in [1.54, 1.807) is 6.07 Å². The first-order valence-corrected chi connectivity index (χ1v) is 19.2. The molecular weight excluding hydrogens is 756 g/mol. The fourth-order valence-corrected chi connectivity index (χ4v) is 9.78. The molecule has 0 saturated carbocycles. The summed E-state index contributed by atoms with van der Waals surface area (Å²) >= 11 is 15.2. The van der Waals surface area contributed by atoms with Crippen molar-refractivity contribution in [2.24, 2.45) is 11.1 Å². The maximum absolute atomic E-state index is 15.5. The number of likely N-dealkylation sites (tertiary alicyclic amines) is 1. The molecule has 0 bridgehead atoms. The van der Waals surface area contributed by atoms with Gasteiger partial charge < -0.3 is 25.5 Å². The number of thioether (sulfide) groups is 1. The highest BCUT2D eigenvalue weighted by molar-refractivity contribution is 8.00. The summed E-state index contributed by atoms with van der Waals surface area (Å²) in [7, 11) is 1.27. The number of rotatable bonds is 11. The van der Waals surface area contributed by atoms with Crippen LogP contribution in [0.25, 0.3) is 0 Å². The van der Waals surface area contributed by atoms with Gasteiger partial charge in [-0.2, -0.15) is 0 Å². The first-order chi connectivity index (χ1) is 25.0. The lowest BCUT2D eigenvalue weighted by Crippen LogP contribution is -2.62. The number of hydrogen-bond donors (Lipinski definition) is 3. The van der Waals surface area contributed by atoms with Gasteiger partial charge in [-0.15, -0.1) is 21.1 Å². The van der Waals surface area contributed by atoms with E-state index in [1.807, 2.05) is 31.4 Å². The first kappa shape index (κ1) is 36.2. The van der Waals surface area contributed by atoms with Crippen molar-refractivity contribution in [3.05, 3.63) is 67.7 Å². The number of ketones is 1. The summed E-state index contributed by atoms with van der Waals surface area (Å²) in [5.74, 6) is -2.07. The van der Waals surface area contributed by atoms with Crippen LogP contribution in [-0.2, 0) is 38.9 Å². The molecule has 7 rings (SSSR count). The van der Waals surface area contributed by atoms with Crippen LogP contribution in [0, 0.1) is 17.1 Å². The fraction of sp³-hybridized carbons (Fsp3) is 0.424. The smallest absolute Gasteiger partial charge is 0.352 e. The average molecular weight is 792 g/mol. The number of β-lactam (4-membered cyclic amide) rings is 1. The van der Waals surface area contributed by atoms with E-state index in [4.69, 9.17) is 39.2 Å². The molecule has 0 spiro atoms. The van der Waals surface area contributed by atoms with E-state index in [0.29, 0.717) is 35.5 Å². The fourth-order valence-electron chi connectivity index (χ4n) is 7.18. The number of nitrogens with zero attached hydrogens (tertiary/aromatic N) is 7. The van der Waals surface area contributed by atoms with Gasteiger partial charge >= 0.3 is 5.97 Å². The maximum Gasteiger partial charge on any atom is 0.352 e. The summed E-state index contributed by atoms with van der Waals surface area (Å²) in [6, 6.07) is 4.94. The van der Waals surface area contributed by atoms with Crippen molar-refractivity contribution in [1.82, 2.24) is 19.5 Å². The largest absolute Gasteiger partial charge is 0.477 e. The van der Waals surface area contributed by atoms with Gasteiger partial charge in [0.2, 0.25) is 5.91 Å². The predicted molar refractivity (Wildman–Crippen MR) is 195 cm³/mol. The van der Waals surface area contributed by atoms with Crippen LogP contribution in [0.15, 0.2) is 40.8 Å². The molecular formula is C33H35Cl2FN9O5S2+. The molecule has 4 aliphatic heterocycles. The van der Waals surface area contributed by atoms with Gasteiger partial charge in [-0.3, -0.25) is 19.9 Å². The number of nitrogens with one attached hydrogen (secondary N) is 1. The number of halogens is 3. The van der Waals surface area contributed by atoms with Crippen molar-refractivity contribution in [2.75, 3.05) is 43.1 Å². The molecule has 52 heavy (non-hydrogen) atoms. The number of aliphatic carboxylic acids is 1. The SMILES string of the molecule is CO/N=C(\C(=O)C[C@@H]1C(=O)N2C(C(=O)O)=C(C[n+]3ccc4n3CCN4Cc3c(F)cc(C(=N)N4CCCCC4)cc3Cl)CS[C@H]12)c1nc(N)sc1Cl. The minimum Gasteiger partial charge on any atom is -0.477 e. The topological polar surface area (TPSA) is 174 Å². The molecule has 274 valence electrons. The van der Waals surface area contributed by atoms with E-state index in [1.165, 1.54) is 29.8 Å². The Morgan fingerprint density at radius 1 is 1.21 bits per heavy atom. The number of anilines is 2. The number of piperidine rings is 1. The van der Waals surface area contributed by atoms with Crippen LogP contribution in [0.2, 0.25) is 9.36 Å². The van der Waals surface area contributed by atoms with Crippen molar-refractivity contribution in [1.29, 1.82) is 5.41 Å². The van der Waals surface area contributed by atoms with E-state index in [9.17, 15) is 19.5 Å². The number of nitrogens with two attached hydrogens (primary N) is 1. The molecule has 0 unspecified atom stereocenters. The van der Waals surface area contributed by atoms with Gasteiger partial charge in [0.1, 0.15) is 34.5 Å².